The summed E-state index contributed by atoms with van der Waals surface area (Å²) in [4.78, 5) is 22.0. The van der Waals surface area contributed by atoms with Gasteiger partial charge in [-0.25, -0.2) is 9.97 Å². The van der Waals surface area contributed by atoms with Crippen molar-refractivity contribution in [2.45, 2.75) is 12.3 Å². The third-order valence-electron chi connectivity index (χ3n) is 6.78. The van der Waals surface area contributed by atoms with Crippen molar-refractivity contribution in [3.8, 4) is 16.9 Å². The van der Waals surface area contributed by atoms with E-state index in [2.05, 4.69) is 18.0 Å². The van der Waals surface area contributed by atoms with Crippen molar-refractivity contribution in [3.05, 3.63) is 112 Å². The fraction of sp³-hybridized carbons (Fsp3) is 0.179. The Kier molecular flexibility index (Phi) is 5.69. The highest BCUT2D eigenvalue weighted by atomic mass is 35.5. The molecular weight excluding hydrogens is 460 g/mol. The zero-order chi connectivity index (χ0) is 24.7. The topological polar surface area (TPSA) is 61.9 Å². The second-order valence-corrected chi connectivity index (χ2v) is 9.24. The van der Waals surface area contributed by atoms with Crippen LogP contribution in [0.4, 0.5) is 0 Å². The monoisotopic (exact) mass is 484 g/mol. The Morgan fingerprint density at radius 2 is 1.74 bits per heavy atom. The van der Waals surface area contributed by atoms with Gasteiger partial charge in [-0.1, -0.05) is 35.9 Å². The fourth-order valence-electron chi connectivity index (χ4n) is 4.71. The Bertz CT molecular complexity index is 1600. The Hall–Kier alpha value is -3.90. The molecule has 0 amide bonds. The van der Waals surface area contributed by atoms with Crippen LogP contribution in [-0.2, 0) is 19.5 Å². The van der Waals surface area contributed by atoms with Crippen molar-refractivity contribution in [2.75, 3.05) is 7.11 Å². The van der Waals surface area contributed by atoms with E-state index < -0.39 is 5.41 Å². The molecule has 3 heterocycles. The summed E-state index contributed by atoms with van der Waals surface area (Å²) < 4.78 is 9.02. The molecular formula is C28H25ClN4O2. The number of rotatable bonds is 5. The Labute approximate surface area is 208 Å². The van der Waals surface area contributed by atoms with Crippen molar-refractivity contribution in [2.24, 2.45) is 14.1 Å². The summed E-state index contributed by atoms with van der Waals surface area (Å²) in [5.74, 6) is 0.723. The average Bonchev–Trinajstić information content (AvgIpc) is 3.32. The quantitative estimate of drug-likeness (QED) is 0.337. The minimum Gasteiger partial charge on any atom is -0.497 e. The highest BCUT2D eigenvalue weighted by molar-refractivity contribution is 6.30. The minimum atomic E-state index is -0.572. The molecule has 0 fully saturated rings. The van der Waals surface area contributed by atoms with Crippen molar-refractivity contribution in [3.63, 3.8) is 0 Å². The number of aromatic nitrogens is 4. The van der Waals surface area contributed by atoms with Gasteiger partial charge in [-0.05, 0) is 59.5 Å². The van der Waals surface area contributed by atoms with Gasteiger partial charge in [0.05, 0.1) is 24.5 Å². The first-order valence-corrected chi connectivity index (χ1v) is 11.6. The lowest BCUT2D eigenvalue weighted by Gasteiger charge is -2.31. The zero-order valence-corrected chi connectivity index (χ0v) is 20.7. The van der Waals surface area contributed by atoms with Gasteiger partial charge in [0.15, 0.2) is 0 Å². The third kappa shape index (κ3) is 3.80. The van der Waals surface area contributed by atoms with Crippen LogP contribution in [-0.4, -0.2) is 26.2 Å². The fourth-order valence-corrected chi connectivity index (χ4v) is 4.84. The SMILES string of the molecule is COc1cccc(-c2cc(=O)n(C)c3ncc([C@](C)(c4ccc(Cl)cc4)c4cncn4C)cc23)c1. The lowest BCUT2D eigenvalue weighted by molar-refractivity contribution is 0.415. The van der Waals surface area contributed by atoms with Crippen LogP contribution in [0.15, 0.2) is 84.2 Å². The molecule has 3 aromatic heterocycles. The molecule has 0 N–H and O–H groups in total. The summed E-state index contributed by atoms with van der Waals surface area (Å²) in [5.41, 5.74) is 4.65. The van der Waals surface area contributed by atoms with E-state index >= 15 is 0 Å². The molecule has 7 heteroatoms. The largest absolute Gasteiger partial charge is 0.497 e. The number of ether oxygens (including phenoxy) is 1. The zero-order valence-electron chi connectivity index (χ0n) is 20.0. The third-order valence-corrected chi connectivity index (χ3v) is 7.03. The molecule has 0 bridgehead atoms. The van der Waals surface area contributed by atoms with E-state index in [9.17, 15) is 4.79 Å². The average molecular weight is 485 g/mol. The summed E-state index contributed by atoms with van der Waals surface area (Å²) >= 11 is 6.22. The molecule has 0 saturated carbocycles. The van der Waals surface area contributed by atoms with Crippen LogP contribution in [0, 0.1) is 0 Å². The van der Waals surface area contributed by atoms with E-state index in [1.165, 1.54) is 0 Å². The highest BCUT2D eigenvalue weighted by Crippen LogP contribution is 2.40. The van der Waals surface area contributed by atoms with Gasteiger partial charge in [0.1, 0.15) is 11.4 Å². The number of nitrogens with zero attached hydrogens (tertiary/aromatic N) is 4. The molecule has 6 nitrogen and oxygen atoms in total. The summed E-state index contributed by atoms with van der Waals surface area (Å²) in [6.07, 6.45) is 5.52. The highest BCUT2D eigenvalue weighted by Gasteiger charge is 2.34. The molecule has 0 unspecified atom stereocenters. The van der Waals surface area contributed by atoms with Crippen LogP contribution in [0.5, 0.6) is 5.75 Å². The molecule has 0 aliphatic carbocycles. The number of methoxy groups -OCH3 is 1. The van der Waals surface area contributed by atoms with Crippen LogP contribution >= 0.6 is 11.6 Å². The van der Waals surface area contributed by atoms with Gasteiger partial charge in [0.25, 0.3) is 5.56 Å². The van der Waals surface area contributed by atoms with Gasteiger partial charge in [-0.15, -0.1) is 0 Å². The van der Waals surface area contributed by atoms with Crippen LogP contribution in [0.25, 0.3) is 22.2 Å². The van der Waals surface area contributed by atoms with E-state index in [1.54, 1.807) is 31.1 Å². The molecule has 5 rings (SSSR count). The number of benzene rings is 2. The molecule has 0 aliphatic heterocycles. The maximum Gasteiger partial charge on any atom is 0.252 e. The summed E-state index contributed by atoms with van der Waals surface area (Å²) in [6, 6.07) is 19.3. The van der Waals surface area contributed by atoms with Gasteiger partial charge in [0, 0.05) is 43.0 Å². The van der Waals surface area contributed by atoms with E-state index in [-0.39, 0.29) is 5.56 Å². The van der Waals surface area contributed by atoms with Gasteiger partial charge < -0.3 is 9.30 Å². The maximum atomic E-state index is 12.8. The summed E-state index contributed by atoms with van der Waals surface area (Å²) in [7, 11) is 5.36. The number of aryl methyl sites for hydroxylation is 2. The summed E-state index contributed by atoms with van der Waals surface area (Å²) in [5, 5.41) is 1.55. The number of fused-ring (bicyclic) bond motifs is 1. The summed E-state index contributed by atoms with van der Waals surface area (Å²) in [6.45, 7) is 2.16. The van der Waals surface area contributed by atoms with Gasteiger partial charge in [-0.2, -0.15) is 0 Å². The first-order valence-electron chi connectivity index (χ1n) is 11.2. The standard InChI is InChI=1S/C28H25ClN4O2/c1-28(25-16-30-17-32(25)2,19-8-10-21(29)11-9-19)20-13-24-23(18-6-5-7-22(12-18)35-4)14-26(34)33(3)27(24)31-15-20/h5-17H,1-4H3/t28-/m0/s1. The Morgan fingerprint density at radius 3 is 2.43 bits per heavy atom. The minimum absolute atomic E-state index is 0.123. The van der Waals surface area contributed by atoms with Gasteiger partial charge in [0.2, 0.25) is 0 Å². The van der Waals surface area contributed by atoms with E-state index in [1.807, 2.05) is 72.5 Å². The number of hydrogen-bond acceptors (Lipinski definition) is 4. The van der Waals surface area contributed by atoms with E-state index in [0.29, 0.717) is 10.7 Å². The normalized spacial score (nSPS) is 13.1. The Balaban J connectivity index is 1.83. The van der Waals surface area contributed by atoms with Crippen molar-refractivity contribution >= 4 is 22.6 Å². The molecule has 0 spiro atoms. The Morgan fingerprint density at radius 1 is 0.971 bits per heavy atom. The number of halogens is 1. The predicted molar refractivity (Wildman–Crippen MR) is 139 cm³/mol. The number of imidazole rings is 1. The van der Waals surface area contributed by atoms with Crippen molar-refractivity contribution < 1.29 is 4.74 Å². The van der Waals surface area contributed by atoms with E-state index in [4.69, 9.17) is 21.3 Å². The lowest BCUT2D eigenvalue weighted by Crippen LogP contribution is -2.28. The molecule has 5 aromatic rings. The van der Waals surface area contributed by atoms with Crippen LogP contribution < -0.4 is 10.3 Å². The predicted octanol–water partition coefficient (Wildman–Crippen LogP) is 5.35. The van der Waals surface area contributed by atoms with Crippen LogP contribution in [0.2, 0.25) is 5.02 Å². The number of pyridine rings is 2. The molecule has 2 aromatic carbocycles. The molecule has 0 aliphatic rings. The lowest BCUT2D eigenvalue weighted by atomic mass is 9.74. The first kappa shape index (κ1) is 22.9. The molecule has 1 atom stereocenters. The first-order chi connectivity index (χ1) is 16.8. The van der Waals surface area contributed by atoms with Gasteiger partial charge in [-0.3, -0.25) is 9.36 Å². The van der Waals surface area contributed by atoms with Gasteiger partial charge >= 0.3 is 0 Å². The van der Waals surface area contributed by atoms with Crippen molar-refractivity contribution in [1.82, 2.24) is 19.1 Å². The smallest absolute Gasteiger partial charge is 0.252 e. The molecule has 0 radical (unpaired) electrons. The molecule has 0 saturated heterocycles. The molecule has 35 heavy (non-hydrogen) atoms. The van der Waals surface area contributed by atoms with Crippen LogP contribution in [0.3, 0.4) is 0 Å². The number of hydrogen-bond donors (Lipinski definition) is 0. The molecule has 176 valence electrons. The van der Waals surface area contributed by atoms with Crippen molar-refractivity contribution in [1.29, 1.82) is 0 Å². The second kappa shape index (κ2) is 8.71. The maximum absolute atomic E-state index is 12.8. The van der Waals surface area contributed by atoms with E-state index in [0.717, 1.165) is 39.1 Å². The second-order valence-electron chi connectivity index (χ2n) is 8.80. The van der Waals surface area contributed by atoms with Crippen LogP contribution in [0.1, 0.15) is 23.7 Å².